The van der Waals surface area contributed by atoms with Gasteiger partial charge in [0.2, 0.25) is 5.91 Å². The van der Waals surface area contributed by atoms with Crippen molar-refractivity contribution in [3.8, 4) is 6.07 Å². The Bertz CT molecular complexity index is 234. The highest BCUT2D eigenvalue weighted by atomic mass is 16.2. The molecule has 1 N–H and O–H groups in total. The Kier molecular flexibility index (Phi) is 3.26. The summed E-state index contributed by atoms with van der Waals surface area (Å²) in [6, 6.07) is 1.56. The van der Waals surface area contributed by atoms with Gasteiger partial charge in [-0.25, -0.2) is 0 Å². The summed E-state index contributed by atoms with van der Waals surface area (Å²) >= 11 is 0. The van der Waals surface area contributed by atoms with E-state index in [0.717, 1.165) is 19.4 Å². The zero-order valence-electron chi connectivity index (χ0n) is 8.08. The summed E-state index contributed by atoms with van der Waals surface area (Å²) in [4.78, 5) is 13.5. The Morgan fingerprint density at radius 2 is 2.46 bits per heavy atom. The Morgan fingerprint density at radius 3 is 2.92 bits per heavy atom. The van der Waals surface area contributed by atoms with Gasteiger partial charge < -0.3 is 5.32 Å². The maximum Gasteiger partial charge on any atom is 0.238 e. The number of likely N-dealkylation sites (tertiary alicyclic amines) is 1. The average Bonchev–Trinajstić information content (AvgIpc) is 2.51. The predicted molar refractivity (Wildman–Crippen MR) is 48.9 cm³/mol. The van der Waals surface area contributed by atoms with Gasteiger partial charge in [-0.2, -0.15) is 5.26 Å². The Morgan fingerprint density at radius 1 is 1.77 bits per heavy atom. The number of carbonyl (C=O) groups excluding carboxylic acids is 1. The predicted octanol–water partition coefficient (Wildman–Crippen LogP) is 0.109. The number of carbonyl (C=O) groups is 1. The number of hydrogen-bond donors (Lipinski definition) is 1. The molecule has 2 unspecified atom stereocenters. The van der Waals surface area contributed by atoms with Crippen LogP contribution < -0.4 is 5.32 Å². The molecule has 0 saturated carbocycles. The molecule has 1 rings (SSSR count). The third-order valence-electron chi connectivity index (χ3n) is 2.38. The summed E-state index contributed by atoms with van der Waals surface area (Å²) in [6.45, 7) is 2.66. The minimum absolute atomic E-state index is 0.0194. The van der Waals surface area contributed by atoms with Crippen LogP contribution in [0.5, 0.6) is 0 Å². The Labute approximate surface area is 78.5 Å². The molecule has 4 nitrogen and oxygen atoms in total. The Hall–Kier alpha value is -1.08. The van der Waals surface area contributed by atoms with Crippen LogP contribution >= 0.6 is 0 Å². The first-order chi connectivity index (χ1) is 6.15. The third kappa shape index (κ3) is 2.43. The van der Waals surface area contributed by atoms with Crippen LogP contribution in [0.1, 0.15) is 19.8 Å². The lowest BCUT2D eigenvalue weighted by Gasteiger charge is -2.19. The molecule has 13 heavy (non-hydrogen) atoms. The van der Waals surface area contributed by atoms with Crippen LogP contribution in [-0.2, 0) is 4.79 Å². The van der Waals surface area contributed by atoms with Crippen molar-refractivity contribution >= 4 is 5.91 Å². The molecule has 1 saturated heterocycles. The number of nitrogens with one attached hydrogen (secondary N) is 1. The molecule has 1 heterocycles. The molecule has 0 aromatic rings. The van der Waals surface area contributed by atoms with E-state index < -0.39 is 0 Å². The van der Waals surface area contributed by atoms with E-state index in [-0.39, 0.29) is 18.0 Å². The molecular formula is C9H15N3O. The van der Waals surface area contributed by atoms with Gasteiger partial charge in [-0.1, -0.05) is 0 Å². The highest BCUT2D eigenvalue weighted by molar-refractivity contribution is 5.82. The monoisotopic (exact) mass is 181 g/mol. The van der Waals surface area contributed by atoms with Crippen LogP contribution in [0.4, 0.5) is 0 Å². The zero-order chi connectivity index (χ0) is 9.84. The van der Waals surface area contributed by atoms with E-state index in [1.807, 2.05) is 18.0 Å². The standard InChI is InChI=1S/C9H15N3O/c1-7(6-10)11-9(13)8-4-3-5-12(8)2/h7-8H,3-5H2,1-2H3,(H,11,13). The molecule has 0 aromatic heterocycles. The minimum atomic E-state index is -0.387. The van der Waals surface area contributed by atoms with E-state index in [1.165, 1.54) is 0 Å². The van der Waals surface area contributed by atoms with Gasteiger partial charge in [-0.05, 0) is 33.4 Å². The highest BCUT2D eigenvalue weighted by Crippen LogP contribution is 2.14. The number of amides is 1. The molecule has 0 radical (unpaired) electrons. The summed E-state index contributed by atoms with van der Waals surface area (Å²) in [7, 11) is 1.94. The molecule has 1 fully saturated rings. The molecule has 4 heteroatoms. The van der Waals surface area contributed by atoms with Gasteiger partial charge in [0.1, 0.15) is 6.04 Å². The molecule has 0 bridgehead atoms. The third-order valence-corrected chi connectivity index (χ3v) is 2.38. The van der Waals surface area contributed by atoms with Gasteiger partial charge in [-0.15, -0.1) is 0 Å². The van der Waals surface area contributed by atoms with Gasteiger partial charge in [0.05, 0.1) is 12.1 Å². The smallest absolute Gasteiger partial charge is 0.238 e. The molecular weight excluding hydrogens is 166 g/mol. The van der Waals surface area contributed by atoms with Crippen LogP contribution in [0, 0.1) is 11.3 Å². The maximum absolute atomic E-state index is 11.5. The fraction of sp³-hybridized carbons (Fsp3) is 0.778. The fourth-order valence-electron chi connectivity index (χ4n) is 1.58. The second-order valence-electron chi connectivity index (χ2n) is 3.50. The summed E-state index contributed by atoms with van der Waals surface area (Å²) in [5, 5.41) is 11.2. The van der Waals surface area contributed by atoms with Crippen molar-refractivity contribution in [2.75, 3.05) is 13.6 Å². The van der Waals surface area contributed by atoms with Gasteiger partial charge >= 0.3 is 0 Å². The van der Waals surface area contributed by atoms with E-state index in [2.05, 4.69) is 5.32 Å². The number of likely N-dealkylation sites (N-methyl/N-ethyl adjacent to an activating group) is 1. The van der Waals surface area contributed by atoms with Crippen molar-refractivity contribution in [1.82, 2.24) is 10.2 Å². The van der Waals surface area contributed by atoms with Crippen molar-refractivity contribution in [2.45, 2.75) is 31.8 Å². The quantitative estimate of drug-likeness (QED) is 0.657. The van der Waals surface area contributed by atoms with E-state index >= 15 is 0 Å². The van der Waals surface area contributed by atoms with Gasteiger partial charge in [-0.3, -0.25) is 9.69 Å². The SMILES string of the molecule is CC(C#N)NC(=O)C1CCCN1C. The summed E-state index contributed by atoms with van der Waals surface area (Å²) in [5.74, 6) is -0.0194. The second-order valence-corrected chi connectivity index (χ2v) is 3.50. The van der Waals surface area contributed by atoms with Crippen molar-refractivity contribution < 1.29 is 4.79 Å². The first kappa shape index (κ1) is 10.0. The van der Waals surface area contributed by atoms with Crippen LogP contribution in [-0.4, -0.2) is 36.5 Å². The lowest BCUT2D eigenvalue weighted by atomic mass is 10.2. The van der Waals surface area contributed by atoms with Crippen molar-refractivity contribution in [2.24, 2.45) is 0 Å². The van der Waals surface area contributed by atoms with E-state index in [9.17, 15) is 4.79 Å². The number of rotatable bonds is 2. The average molecular weight is 181 g/mol. The van der Waals surface area contributed by atoms with Crippen molar-refractivity contribution in [3.63, 3.8) is 0 Å². The van der Waals surface area contributed by atoms with E-state index in [4.69, 9.17) is 5.26 Å². The first-order valence-corrected chi connectivity index (χ1v) is 4.55. The van der Waals surface area contributed by atoms with Crippen molar-refractivity contribution in [1.29, 1.82) is 5.26 Å². The van der Waals surface area contributed by atoms with Crippen LogP contribution in [0.25, 0.3) is 0 Å². The summed E-state index contributed by atoms with van der Waals surface area (Å²) < 4.78 is 0. The molecule has 2 atom stereocenters. The number of nitrogens with zero attached hydrogens (tertiary/aromatic N) is 2. The normalized spacial score (nSPS) is 25.2. The molecule has 72 valence electrons. The van der Waals surface area contributed by atoms with Crippen LogP contribution in [0.3, 0.4) is 0 Å². The summed E-state index contributed by atoms with van der Waals surface area (Å²) in [5.41, 5.74) is 0. The maximum atomic E-state index is 11.5. The molecule has 0 aromatic carbocycles. The zero-order valence-corrected chi connectivity index (χ0v) is 8.08. The molecule has 1 aliphatic heterocycles. The van der Waals surface area contributed by atoms with Gasteiger partial charge in [0, 0.05) is 0 Å². The second kappa shape index (κ2) is 4.24. The van der Waals surface area contributed by atoms with Gasteiger partial charge in [0.25, 0.3) is 0 Å². The lowest BCUT2D eigenvalue weighted by molar-refractivity contribution is -0.125. The van der Waals surface area contributed by atoms with Crippen LogP contribution in [0.15, 0.2) is 0 Å². The lowest BCUT2D eigenvalue weighted by Crippen LogP contribution is -2.44. The molecule has 0 aliphatic carbocycles. The fourth-order valence-corrected chi connectivity index (χ4v) is 1.58. The number of nitriles is 1. The first-order valence-electron chi connectivity index (χ1n) is 4.55. The molecule has 1 aliphatic rings. The largest absolute Gasteiger partial charge is 0.339 e. The number of hydrogen-bond acceptors (Lipinski definition) is 3. The summed E-state index contributed by atoms with van der Waals surface area (Å²) in [6.07, 6.45) is 1.97. The van der Waals surface area contributed by atoms with E-state index in [0.29, 0.717) is 0 Å². The molecule has 0 spiro atoms. The van der Waals surface area contributed by atoms with E-state index in [1.54, 1.807) is 6.92 Å². The topological polar surface area (TPSA) is 56.1 Å². The van der Waals surface area contributed by atoms with Crippen LogP contribution in [0.2, 0.25) is 0 Å². The Balaban J connectivity index is 2.44. The van der Waals surface area contributed by atoms with Gasteiger partial charge in [0.15, 0.2) is 0 Å². The highest BCUT2D eigenvalue weighted by Gasteiger charge is 2.28. The minimum Gasteiger partial charge on any atom is -0.339 e. The van der Waals surface area contributed by atoms with Crippen molar-refractivity contribution in [3.05, 3.63) is 0 Å². The molecule has 1 amide bonds.